The van der Waals surface area contributed by atoms with Crippen LogP contribution in [0.15, 0.2) is 28.6 Å². The molecule has 4 rings (SSSR count). The molecule has 8 nitrogen and oxygen atoms in total. The Hall–Kier alpha value is -2.46. The Morgan fingerprint density at radius 1 is 1.32 bits per heavy atom. The van der Waals surface area contributed by atoms with E-state index in [0.29, 0.717) is 20.8 Å². The monoisotopic (exact) mass is 417 g/mol. The van der Waals surface area contributed by atoms with Crippen LogP contribution in [0.3, 0.4) is 0 Å². The predicted molar refractivity (Wildman–Crippen MR) is 109 cm³/mol. The lowest BCUT2D eigenvalue weighted by atomic mass is 10.2. The maximum atomic E-state index is 13.0. The first-order valence-electron chi connectivity index (χ1n) is 8.94. The van der Waals surface area contributed by atoms with Gasteiger partial charge in [-0.2, -0.15) is 0 Å². The minimum absolute atomic E-state index is 0.0120. The maximum Gasteiger partial charge on any atom is 0.244 e. The first-order valence-corrected chi connectivity index (χ1v) is 10.6. The highest BCUT2D eigenvalue weighted by atomic mass is 32.2. The Balaban J connectivity index is 1.48. The normalized spacial score (nSPS) is 16.9. The van der Waals surface area contributed by atoms with Gasteiger partial charge in [-0.1, -0.05) is 35.2 Å². The summed E-state index contributed by atoms with van der Waals surface area (Å²) in [4.78, 5) is 40.0. The van der Waals surface area contributed by atoms with Crippen molar-refractivity contribution in [2.24, 2.45) is 0 Å². The van der Waals surface area contributed by atoms with Gasteiger partial charge in [0.05, 0.1) is 16.6 Å². The van der Waals surface area contributed by atoms with Crippen molar-refractivity contribution in [2.45, 2.75) is 42.3 Å². The molecular weight excluding hydrogens is 398 g/mol. The molecule has 146 valence electrons. The van der Waals surface area contributed by atoms with Crippen molar-refractivity contribution in [3.05, 3.63) is 24.3 Å². The van der Waals surface area contributed by atoms with Gasteiger partial charge in [0, 0.05) is 13.0 Å². The molecule has 2 aliphatic rings. The molecule has 1 unspecified atom stereocenters. The van der Waals surface area contributed by atoms with Crippen LogP contribution in [0.4, 0.5) is 16.5 Å². The second-order valence-corrected chi connectivity index (χ2v) is 9.26. The Labute approximate surface area is 170 Å². The molecule has 1 fully saturated rings. The SMILES string of the molecule is CC(=O)N(c1nnc(SC(C)C(=O)N2CC(=O)Nc3ccccc32)s1)C1CC1. The minimum Gasteiger partial charge on any atom is -0.323 e. The van der Waals surface area contributed by atoms with Crippen molar-refractivity contribution in [1.82, 2.24) is 10.2 Å². The molecule has 0 saturated heterocycles. The summed E-state index contributed by atoms with van der Waals surface area (Å²) in [5, 5.41) is 11.2. The Morgan fingerprint density at radius 3 is 2.79 bits per heavy atom. The van der Waals surface area contributed by atoms with E-state index in [-0.39, 0.29) is 30.3 Å². The van der Waals surface area contributed by atoms with Crippen molar-refractivity contribution in [2.75, 3.05) is 21.7 Å². The molecule has 10 heteroatoms. The van der Waals surface area contributed by atoms with Crippen LogP contribution in [0.5, 0.6) is 0 Å². The summed E-state index contributed by atoms with van der Waals surface area (Å²) in [6.45, 7) is 3.30. The average molecular weight is 418 g/mol. The third-order valence-corrected chi connectivity index (χ3v) is 6.61. The van der Waals surface area contributed by atoms with E-state index < -0.39 is 5.25 Å². The molecule has 2 heterocycles. The number of amides is 3. The number of benzene rings is 1. The molecule has 1 atom stereocenters. The first kappa shape index (κ1) is 18.9. The fourth-order valence-electron chi connectivity index (χ4n) is 3.08. The van der Waals surface area contributed by atoms with Gasteiger partial charge in [-0.25, -0.2) is 0 Å². The maximum absolute atomic E-state index is 13.0. The van der Waals surface area contributed by atoms with Gasteiger partial charge in [-0.3, -0.25) is 24.2 Å². The van der Waals surface area contributed by atoms with E-state index in [2.05, 4.69) is 15.5 Å². The standard InChI is InChI=1S/C18H19N5O3S2/c1-10(16(26)22-9-15(25)19-13-5-3-4-6-14(13)22)27-18-21-20-17(28-18)23(11(2)24)12-7-8-12/h3-6,10,12H,7-9H2,1-2H3,(H,19,25). The number of rotatable bonds is 5. The number of carbonyl (C=O) groups excluding carboxylic acids is 3. The lowest BCUT2D eigenvalue weighted by molar-refractivity contribution is -0.121. The number of para-hydroxylation sites is 2. The van der Waals surface area contributed by atoms with Gasteiger partial charge in [0.15, 0.2) is 4.34 Å². The van der Waals surface area contributed by atoms with Gasteiger partial charge < -0.3 is 5.32 Å². The van der Waals surface area contributed by atoms with Gasteiger partial charge in [-0.05, 0) is 31.9 Å². The summed E-state index contributed by atoms with van der Waals surface area (Å²) >= 11 is 2.60. The zero-order valence-corrected chi connectivity index (χ0v) is 17.0. The van der Waals surface area contributed by atoms with Gasteiger partial charge in [0.1, 0.15) is 6.54 Å². The highest BCUT2D eigenvalue weighted by molar-refractivity contribution is 8.02. The molecule has 1 aliphatic heterocycles. The summed E-state index contributed by atoms with van der Waals surface area (Å²) in [7, 11) is 0. The van der Waals surface area contributed by atoms with Gasteiger partial charge in [-0.15, -0.1) is 10.2 Å². The van der Waals surface area contributed by atoms with Gasteiger partial charge in [0.25, 0.3) is 0 Å². The number of hydrogen-bond acceptors (Lipinski definition) is 7. The van der Waals surface area contributed by atoms with E-state index in [0.717, 1.165) is 12.8 Å². The molecule has 3 amide bonds. The number of thioether (sulfide) groups is 1. The van der Waals surface area contributed by atoms with E-state index in [1.807, 2.05) is 18.2 Å². The highest BCUT2D eigenvalue weighted by Crippen LogP contribution is 2.38. The second-order valence-electron chi connectivity index (χ2n) is 6.72. The number of aromatic nitrogens is 2. The van der Waals surface area contributed by atoms with Crippen molar-refractivity contribution in [3.8, 4) is 0 Å². The minimum atomic E-state index is -0.452. The Bertz CT molecular complexity index is 943. The van der Waals surface area contributed by atoms with Crippen LogP contribution >= 0.6 is 23.1 Å². The number of anilines is 3. The largest absolute Gasteiger partial charge is 0.323 e. The third-order valence-electron chi connectivity index (χ3n) is 4.52. The van der Waals surface area contributed by atoms with Crippen LogP contribution in [0, 0.1) is 0 Å². The first-order chi connectivity index (χ1) is 13.4. The average Bonchev–Trinajstić information content (AvgIpc) is 3.39. The molecule has 28 heavy (non-hydrogen) atoms. The molecular formula is C18H19N5O3S2. The predicted octanol–water partition coefficient (Wildman–Crippen LogP) is 2.52. The van der Waals surface area contributed by atoms with Crippen LogP contribution in [0.25, 0.3) is 0 Å². The molecule has 1 N–H and O–H groups in total. The lowest BCUT2D eigenvalue weighted by Gasteiger charge is -2.30. The number of fused-ring (bicyclic) bond motifs is 1. The number of nitrogens with one attached hydrogen (secondary N) is 1. The van der Waals surface area contributed by atoms with Gasteiger partial charge >= 0.3 is 0 Å². The smallest absolute Gasteiger partial charge is 0.244 e. The molecule has 1 aromatic heterocycles. The van der Waals surface area contributed by atoms with Gasteiger partial charge in [0.2, 0.25) is 22.9 Å². The summed E-state index contributed by atoms with van der Waals surface area (Å²) < 4.78 is 0.623. The van der Waals surface area contributed by atoms with Crippen LogP contribution in [-0.4, -0.2) is 45.8 Å². The van der Waals surface area contributed by atoms with Crippen LogP contribution in [-0.2, 0) is 14.4 Å². The molecule has 1 aromatic carbocycles. The number of hydrogen-bond donors (Lipinski definition) is 1. The van der Waals surface area contributed by atoms with Crippen LogP contribution in [0.2, 0.25) is 0 Å². The molecule has 0 radical (unpaired) electrons. The lowest BCUT2D eigenvalue weighted by Crippen LogP contribution is -2.45. The zero-order valence-electron chi connectivity index (χ0n) is 15.4. The number of nitrogens with zero attached hydrogens (tertiary/aromatic N) is 4. The van der Waals surface area contributed by atoms with Crippen LogP contribution in [0.1, 0.15) is 26.7 Å². The molecule has 1 aliphatic carbocycles. The molecule has 0 spiro atoms. The molecule has 2 aromatic rings. The van der Waals surface area contributed by atoms with Crippen molar-refractivity contribution in [3.63, 3.8) is 0 Å². The van der Waals surface area contributed by atoms with Crippen LogP contribution < -0.4 is 15.1 Å². The van der Waals surface area contributed by atoms with Crippen molar-refractivity contribution >= 4 is 57.3 Å². The summed E-state index contributed by atoms with van der Waals surface area (Å²) in [5.74, 6) is -0.436. The zero-order chi connectivity index (χ0) is 19.8. The van der Waals surface area contributed by atoms with Crippen molar-refractivity contribution in [1.29, 1.82) is 0 Å². The third kappa shape index (κ3) is 3.74. The highest BCUT2D eigenvalue weighted by Gasteiger charge is 2.35. The number of carbonyl (C=O) groups is 3. The van der Waals surface area contributed by atoms with E-state index in [9.17, 15) is 14.4 Å². The molecule has 0 bridgehead atoms. The fourth-order valence-corrected chi connectivity index (χ4v) is 5.24. The Morgan fingerprint density at radius 2 is 2.07 bits per heavy atom. The fraction of sp³-hybridized carbons (Fsp3) is 0.389. The van der Waals surface area contributed by atoms with E-state index >= 15 is 0 Å². The summed E-state index contributed by atoms with van der Waals surface area (Å²) in [6.07, 6.45) is 1.96. The van der Waals surface area contributed by atoms with E-state index in [4.69, 9.17) is 0 Å². The Kier molecular flexibility index (Phi) is 5.07. The van der Waals surface area contributed by atoms with Crippen molar-refractivity contribution < 1.29 is 14.4 Å². The summed E-state index contributed by atoms with van der Waals surface area (Å²) in [5.41, 5.74) is 1.32. The summed E-state index contributed by atoms with van der Waals surface area (Å²) in [6, 6.07) is 7.45. The second kappa shape index (κ2) is 7.51. The molecule has 1 saturated carbocycles. The topological polar surface area (TPSA) is 95.5 Å². The quantitative estimate of drug-likeness (QED) is 0.593. The van der Waals surface area contributed by atoms with E-state index in [1.54, 1.807) is 17.9 Å². The van der Waals surface area contributed by atoms with E-state index in [1.165, 1.54) is 34.9 Å².